The number of pyridine rings is 1. The van der Waals surface area contributed by atoms with E-state index in [-0.39, 0.29) is 10.9 Å². The fourth-order valence-electron chi connectivity index (χ4n) is 3.75. The summed E-state index contributed by atoms with van der Waals surface area (Å²) in [7, 11) is -3.60. The minimum Gasteiger partial charge on any atom is -0.461 e. The molecule has 0 bridgehead atoms. The van der Waals surface area contributed by atoms with E-state index in [2.05, 4.69) is 9.97 Å². The normalized spacial score (nSPS) is 17.9. The number of hydrogen-bond donors (Lipinski definition) is 0. The lowest BCUT2D eigenvalue weighted by atomic mass is 10.2. The third-order valence-electron chi connectivity index (χ3n) is 5.13. The minimum atomic E-state index is -3.60. The SMILES string of the molecule is O=S(=O)(c1ccc(Cl)cc1)N1CC[C@@H](n2c(-c3ccco3)nc3cccnc32)C1. The summed E-state index contributed by atoms with van der Waals surface area (Å²) < 4.78 is 35.2. The summed E-state index contributed by atoms with van der Waals surface area (Å²) in [6.07, 6.45) is 3.96. The second-order valence-electron chi connectivity index (χ2n) is 6.89. The Labute approximate surface area is 172 Å². The van der Waals surface area contributed by atoms with E-state index < -0.39 is 10.0 Å². The predicted octanol–water partition coefficient (Wildman–Crippen LogP) is 3.98. The molecule has 4 aromatic rings. The number of sulfonamides is 1. The molecule has 29 heavy (non-hydrogen) atoms. The van der Waals surface area contributed by atoms with Crippen LogP contribution in [0, 0.1) is 0 Å². The summed E-state index contributed by atoms with van der Waals surface area (Å²) in [4.78, 5) is 9.40. The Morgan fingerprint density at radius 1 is 1.10 bits per heavy atom. The van der Waals surface area contributed by atoms with Crippen LogP contribution in [0.2, 0.25) is 5.02 Å². The first-order valence-electron chi connectivity index (χ1n) is 9.16. The summed E-state index contributed by atoms with van der Waals surface area (Å²) in [6.45, 7) is 0.750. The van der Waals surface area contributed by atoms with E-state index in [0.29, 0.717) is 36.1 Å². The van der Waals surface area contributed by atoms with Crippen molar-refractivity contribution in [3.05, 3.63) is 66.0 Å². The van der Waals surface area contributed by atoms with Gasteiger partial charge in [-0.05, 0) is 55.0 Å². The molecule has 1 saturated heterocycles. The highest BCUT2D eigenvalue weighted by atomic mass is 35.5. The van der Waals surface area contributed by atoms with Gasteiger partial charge in [-0.2, -0.15) is 4.31 Å². The Morgan fingerprint density at radius 2 is 1.93 bits per heavy atom. The van der Waals surface area contributed by atoms with E-state index in [0.717, 1.165) is 11.2 Å². The van der Waals surface area contributed by atoms with Crippen molar-refractivity contribution >= 4 is 32.8 Å². The molecular weight excluding hydrogens is 412 g/mol. The molecule has 0 amide bonds. The van der Waals surface area contributed by atoms with Gasteiger partial charge < -0.3 is 8.98 Å². The van der Waals surface area contributed by atoms with Gasteiger partial charge in [-0.25, -0.2) is 18.4 Å². The van der Waals surface area contributed by atoms with Gasteiger partial charge >= 0.3 is 0 Å². The standard InChI is InChI=1S/C20H17ClN4O3S/c21-14-5-7-16(8-6-14)29(26,27)24-11-9-15(13-24)25-19-17(3-1-10-22-19)23-20(25)18-4-2-12-28-18/h1-8,10,12,15H,9,11,13H2/t15-/m1/s1. The van der Waals surface area contributed by atoms with Gasteiger partial charge in [0.05, 0.1) is 17.2 Å². The first-order valence-corrected chi connectivity index (χ1v) is 11.0. The number of hydrogen-bond acceptors (Lipinski definition) is 5. The minimum absolute atomic E-state index is 0.0999. The van der Waals surface area contributed by atoms with Gasteiger partial charge in [-0.3, -0.25) is 0 Å². The number of imidazole rings is 1. The molecule has 0 saturated carbocycles. The molecule has 1 aliphatic heterocycles. The number of nitrogens with zero attached hydrogens (tertiary/aromatic N) is 4. The van der Waals surface area contributed by atoms with Crippen molar-refractivity contribution in [3.63, 3.8) is 0 Å². The zero-order valence-corrected chi connectivity index (χ0v) is 16.8. The lowest BCUT2D eigenvalue weighted by Gasteiger charge is -2.18. The molecule has 0 unspecified atom stereocenters. The molecule has 9 heteroatoms. The molecule has 1 aromatic carbocycles. The molecule has 1 atom stereocenters. The fraction of sp³-hybridized carbons (Fsp3) is 0.200. The zero-order valence-electron chi connectivity index (χ0n) is 15.3. The van der Waals surface area contributed by atoms with Crippen LogP contribution in [0.4, 0.5) is 0 Å². The molecule has 0 spiro atoms. The summed E-state index contributed by atoms with van der Waals surface area (Å²) >= 11 is 5.90. The van der Waals surface area contributed by atoms with Gasteiger partial charge in [-0.15, -0.1) is 0 Å². The van der Waals surface area contributed by atoms with Gasteiger partial charge in [0.15, 0.2) is 17.2 Å². The third kappa shape index (κ3) is 3.13. The van der Waals surface area contributed by atoms with Crippen molar-refractivity contribution in [1.82, 2.24) is 18.8 Å². The van der Waals surface area contributed by atoms with Crippen molar-refractivity contribution < 1.29 is 12.8 Å². The monoisotopic (exact) mass is 428 g/mol. The van der Waals surface area contributed by atoms with E-state index in [1.807, 2.05) is 22.8 Å². The highest BCUT2D eigenvalue weighted by Crippen LogP contribution is 2.34. The first kappa shape index (κ1) is 18.4. The van der Waals surface area contributed by atoms with E-state index >= 15 is 0 Å². The Morgan fingerprint density at radius 3 is 2.69 bits per heavy atom. The average molecular weight is 429 g/mol. The summed E-state index contributed by atoms with van der Waals surface area (Å²) in [6, 6.07) is 13.5. The maximum Gasteiger partial charge on any atom is 0.243 e. The van der Waals surface area contributed by atoms with Crippen LogP contribution in [0.5, 0.6) is 0 Å². The number of furan rings is 1. The van der Waals surface area contributed by atoms with Crippen LogP contribution in [0.3, 0.4) is 0 Å². The van der Waals surface area contributed by atoms with Gasteiger partial charge in [0.25, 0.3) is 0 Å². The lowest BCUT2D eigenvalue weighted by Crippen LogP contribution is -2.29. The second-order valence-corrected chi connectivity index (χ2v) is 9.26. The summed E-state index contributed by atoms with van der Waals surface area (Å²) in [5, 5.41) is 0.502. The Hall–Kier alpha value is -2.68. The molecule has 148 valence electrons. The van der Waals surface area contributed by atoms with Crippen LogP contribution in [0.15, 0.2) is 70.3 Å². The predicted molar refractivity (Wildman–Crippen MR) is 109 cm³/mol. The Bertz CT molecular complexity index is 1270. The second kappa shape index (κ2) is 6.98. The van der Waals surface area contributed by atoms with Gasteiger partial charge in [-0.1, -0.05) is 11.6 Å². The van der Waals surface area contributed by atoms with Crippen molar-refractivity contribution in [2.45, 2.75) is 17.4 Å². The number of rotatable bonds is 4. The molecule has 7 nitrogen and oxygen atoms in total. The van der Waals surface area contributed by atoms with Gasteiger partial charge in [0.2, 0.25) is 10.0 Å². The highest BCUT2D eigenvalue weighted by Gasteiger charge is 2.35. The maximum atomic E-state index is 13.1. The van der Waals surface area contributed by atoms with Crippen LogP contribution in [0.25, 0.3) is 22.7 Å². The van der Waals surface area contributed by atoms with E-state index in [1.165, 1.54) is 16.4 Å². The van der Waals surface area contributed by atoms with Crippen molar-refractivity contribution in [3.8, 4) is 11.6 Å². The quantitative estimate of drug-likeness (QED) is 0.491. The first-order chi connectivity index (χ1) is 14.0. The average Bonchev–Trinajstić information content (AvgIpc) is 3.46. The van der Waals surface area contributed by atoms with Crippen LogP contribution >= 0.6 is 11.6 Å². The fourth-order valence-corrected chi connectivity index (χ4v) is 5.37. The number of aromatic nitrogens is 3. The molecule has 0 N–H and O–H groups in total. The highest BCUT2D eigenvalue weighted by molar-refractivity contribution is 7.89. The van der Waals surface area contributed by atoms with E-state index in [9.17, 15) is 8.42 Å². The van der Waals surface area contributed by atoms with Crippen molar-refractivity contribution in [2.24, 2.45) is 0 Å². The number of benzene rings is 1. The molecule has 3 aromatic heterocycles. The molecule has 4 heterocycles. The van der Waals surface area contributed by atoms with Crippen LogP contribution in [-0.2, 0) is 10.0 Å². The largest absolute Gasteiger partial charge is 0.461 e. The topological polar surface area (TPSA) is 81.2 Å². The molecule has 1 aliphatic rings. The van der Waals surface area contributed by atoms with Crippen LogP contribution in [0.1, 0.15) is 12.5 Å². The van der Waals surface area contributed by atoms with E-state index in [1.54, 1.807) is 30.7 Å². The van der Waals surface area contributed by atoms with Gasteiger partial charge in [0, 0.05) is 24.3 Å². The van der Waals surface area contributed by atoms with Crippen LogP contribution in [-0.4, -0.2) is 40.3 Å². The molecule has 0 radical (unpaired) electrons. The number of halogens is 1. The Kier molecular flexibility index (Phi) is 4.42. The maximum absolute atomic E-state index is 13.1. The number of fused-ring (bicyclic) bond motifs is 1. The summed E-state index contributed by atoms with van der Waals surface area (Å²) in [5.74, 6) is 1.28. The van der Waals surface area contributed by atoms with Crippen molar-refractivity contribution in [1.29, 1.82) is 0 Å². The van der Waals surface area contributed by atoms with Gasteiger partial charge in [0.1, 0.15) is 5.52 Å². The lowest BCUT2D eigenvalue weighted by molar-refractivity contribution is 0.453. The van der Waals surface area contributed by atoms with Crippen molar-refractivity contribution in [2.75, 3.05) is 13.1 Å². The Balaban J connectivity index is 1.53. The zero-order chi connectivity index (χ0) is 20.0. The molecule has 5 rings (SSSR count). The summed E-state index contributed by atoms with van der Waals surface area (Å²) in [5.41, 5.74) is 1.47. The third-order valence-corrected chi connectivity index (χ3v) is 7.26. The molecular formula is C20H17ClN4O3S. The smallest absolute Gasteiger partial charge is 0.243 e. The van der Waals surface area contributed by atoms with E-state index in [4.69, 9.17) is 16.0 Å². The molecule has 0 aliphatic carbocycles. The molecule has 1 fully saturated rings. The van der Waals surface area contributed by atoms with Crippen LogP contribution < -0.4 is 0 Å².